The maximum Gasteiger partial charge on any atom is -0.0157 e. The second kappa shape index (κ2) is 18.4. The summed E-state index contributed by atoms with van der Waals surface area (Å²) in [5, 5.41) is 17.2. The Kier molecular flexibility index (Phi) is 16.0. The van der Waals surface area contributed by atoms with Gasteiger partial charge < -0.3 is 11.5 Å². The number of thioether (sulfide) groups is 1. The Labute approximate surface area is 228 Å². The Morgan fingerprint density at radius 1 is 1.11 bits per heavy atom. The van der Waals surface area contributed by atoms with Crippen LogP contribution in [0.15, 0.2) is 57.5 Å². The number of carbonyl (C=O) groups is 3. The quantitative estimate of drug-likeness (QED) is 0.0540. The van der Waals surface area contributed by atoms with Crippen molar-refractivity contribution in [2.24, 2.45) is 15.5 Å². The minimum Gasteiger partial charge on any atom is -0.184 e. The standard InChI is InChI=1S/C17H26N6O5.C7H7S.Ni/c1-28-15(26)12(3-2-8-21-16(18)19)22-14(25)13(23-17(20)27)9-10-4-6-11(24)7-5-10;1-8-7-5-3-2-4-6-7;/h4-7,12-13,16,21,24H,2-3,8-9,18-19H2,1H3,(H,22,25)(H,23,27);3-6H,1H3;/q;-1;. The third kappa shape index (κ3) is 13.9. The van der Waals surface area contributed by atoms with Gasteiger partial charge in [0.2, 0.25) is 0 Å². The molecule has 2 atom stereocenters. The summed E-state index contributed by atoms with van der Waals surface area (Å²) in [4.78, 5) is 37.6. The van der Waals surface area contributed by atoms with Crippen molar-refractivity contribution >= 4 is 29.7 Å². The molecule has 0 heterocycles. The second-order valence-electron chi connectivity index (χ2n) is 7.59. The van der Waals surface area contributed by atoms with Gasteiger partial charge in [-0.15, -0.1) is 4.90 Å². The minimum absolute atomic E-state index is 0.0673. The van der Waals surface area contributed by atoms with Crippen molar-refractivity contribution < 1.29 is 39.5 Å². The number of nitrogens with zero attached hydrogens (tertiary/aromatic N) is 1. The molecule has 0 radical (unpaired) electrons. The van der Waals surface area contributed by atoms with Gasteiger partial charge in [-0.05, 0) is 6.26 Å². The average molecular weight is 576 g/mol. The number of benzene rings is 2. The summed E-state index contributed by atoms with van der Waals surface area (Å²) >= 11 is 5.79. The van der Waals surface area contributed by atoms with Gasteiger partial charge in [0, 0.05) is 0 Å². The molecule has 0 aliphatic carbocycles. The maximum atomic E-state index is 12.7. The van der Waals surface area contributed by atoms with Crippen LogP contribution in [0.25, 0.3) is 0 Å². The van der Waals surface area contributed by atoms with E-state index >= 15 is 0 Å². The van der Waals surface area contributed by atoms with Crippen molar-refractivity contribution in [3.63, 3.8) is 0 Å². The van der Waals surface area contributed by atoms with Gasteiger partial charge in [0.15, 0.2) is 0 Å². The van der Waals surface area contributed by atoms with Crippen LogP contribution in [-0.2, 0) is 36.0 Å². The summed E-state index contributed by atoms with van der Waals surface area (Å²) in [5.41, 5.74) is 11.5. The van der Waals surface area contributed by atoms with Crippen LogP contribution in [-0.4, -0.2) is 61.3 Å². The van der Waals surface area contributed by atoms with Crippen molar-refractivity contribution in [2.45, 2.75) is 42.5 Å². The number of methoxy groups -OCH3 is 1. The Bertz CT molecular complexity index is 981. The molecule has 2 rings (SSSR count). The fourth-order valence-electron chi connectivity index (χ4n) is 2.99. The summed E-state index contributed by atoms with van der Waals surface area (Å²) in [6.45, 7) is 0.435. The fourth-order valence-corrected chi connectivity index (χ4v) is 3.46. The molecule has 13 heteroatoms. The summed E-state index contributed by atoms with van der Waals surface area (Å²) in [7, 11) is 1.21. The summed E-state index contributed by atoms with van der Waals surface area (Å²) in [5.74, 6) is -1.16. The number of rotatable bonds is 12. The van der Waals surface area contributed by atoms with Gasteiger partial charge in [-0.25, -0.2) is 0 Å². The molecule has 0 spiro atoms. The Morgan fingerprint density at radius 2 is 1.76 bits per heavy atom. The predicted octanol–water partition coefficient (Wildman–Crippen LogP) is 1.18. The molecule has 206 valence electrons. The molecule has 0 fully saturated rings. The van der Waals surface area contributed by atoms with Crippen LogP contribution in [0, 0.1) is 6.07 Å². The van der Waals surface area contributed by atoms with E-state index in [2.05, 4.69) is 47.6 Å². The molecule has 0 saturated heterocycles. The normalized spacial score (nSPS) is 12.0. The van der Waals surface area contributed by atoms with Crippen LogP contribution < -0.4 is 27.4 Å². The van der Waals surface area contributed by atoms with Crippen LogP contribution in [0.2, 0.25) is 0 Å². The summed E-state index contributed by atoms with van der Waals surface area (Å²) in [6.07, 6.45) is 2.24. The van der Waals surface area contributed by atoms with Crippen LogP contribution in [0.4, 0.5) is 4.79 Å². The number of urea groups is 1. The summed E-state index contributed by atoms with van der Waals surface area (Å²) < 4.78 is 7.84. The van der Waals surface area contributed by atoms with Crippen molar-refractivity contribution in [2.75, 3.05) is 19.9 Å². The number of hydrogen-bond acceptors (Lipinski definition) is 9. The number of phenolic OH excluding ortho intramolecular Hbond substituents is 1. The smallest absolute Gasteiger partial charge is 0.0157 e. The zero-order valence-electron chi connectivity index (χ0n) is 20.6. The van der Waals surface area contributed by atoms with Gasteiger partial charge in [-0.3, -0.25) is 0 Å². The first-order valence-corrected chi connectivity index (χ1v) is 12.9. The fraction of sp³-hybridized carbons (Fsp3) is 0.375. The molecule has 2 unspecified atom stereocenters. The Balaban J connectivity index is 0.000000722. The van der Waals surface area contributed by atoms with Crippen molar-refractivity contribution in [3.8, 4) is 5.75 Å². The minimum atomic E-state index is -1.03. The molecular formula is C24H33N6NiO5S-. The number of carbonyl (C=O) groups excluding carboxylic acids is 3. The summed E-state index contributed by atoms with van der Waals surface area (Å²) in [6, 6.07) is 14.2. The van der Waals surface area contributed by atoms with Gasteiger partial charge in [0.25, 0.3) is 0 Å². The monoisotopic (exact) mass is 575 g/mol. The van der Waals surface area contributed by atoms with Gasteiger partial charge in [-0.1, -0.05) is 0 Å². The number of nitrogens with two attached hydrogens (primary N) is 2. The van der Waals surface area contributed by atoms with Crippen LogP contribution in [0.5, 0.6) is 5.75 Å². The molecular weight excluding hydrogens is 543 g/mol. The number of ether oxygens (including phenoxy) is 1. The molecule has 0 aliphatic rings. The number of nitrogens with one attached hydrogen (secondary N) is 3. The molecule has 11 nitrogen and oxygen atoms in total. The molecule has 0 bridgehead atoms. The van der Waals surface area contributed by atoms with Crippen LogP contribution in [0.1, 0.15) is 18.4 Å². The first kappa shape index (κ1) is 32.2. The maximum absolute atomic E-state index is 12.7. The first-order valence-electron chi connectivity index (χ1n) is 11.2. The predicted molar refractivity (Wildman–Crippen MR) is 137 cm³/mol. The number of phenols is 1. The van der Waals surface area contributed by atoms with Crippen LogP contribution >= 0.6 is 11.8 Å². The van der Waals surface area contributed by atoms with Gasteiger partial charge in [-0.2, -0.15) is 42.1 Å². The van der Waals surface area contributed by atoms with Crippen molar-refractivity contribution in [1.29, 1.82) is 0 Å². The third-order valence-electron chi connectivity index (χ3n) is 4.83. The Morgan fingerprint density at radius 3 is 2.27 bits per heavy atom. The molecule has 0 saturated carbocycles. The van der Waals surface area contributed by atoms with E-state index in [0.29, 0.717) is 18.5 Å². The van der Waals surface area contributed by atoms with E-state index in [9.17, 15) is 19.5 Å². The van der Waals surface area contributed by atoms with E-state index in [1.54, 1.807) is 23.9 Å². The van der Waals surface area contributed by atoms with E-state index in [1.165, 1.54) is 24.1 Å². The molecule has 8 N–H and O–H groups in total. The van der Waals surface area contributed by atoms with E-state index < -0.39 is 36.3 Å². The molecule has 0 aliphatic heterocycles. The SMILES string of the molecule is COC(=O)C(CCCNC(N)N)NC(=O)C(Cc1ccc(O)cc1)NC(=O)[N]=[Ni].CSc1cc[c-]cc1. The molecule has 2 aromatic rings. The van der Waals surface area contributed by atoms with E-state index in [-0.39, 0.29) is 18.6 Å². The molecule has 3 amide bonds. The zero-order valence-corrected chi connectivity index (χ0v) is 22.4. The number of amides is 3. The topological polar surface area (TPSA) is 181 Å². The van der Waals surface area contributed by atoms with Crippen molar-refractivity contribution in [1.82, 2.24) is 16.0 Å². The number of hydrogen-bond donors (Lipinski definition) is 6. The van der Waals surface area contributed by atoms with Crippen LogP contribution in [0.3, 0.4) is 0 Å². The van der Waals surface area contributed by atoms with E-state index in [1.807, 2.05) is 24.3 Å². The number of esters is 1. The molecule has 2 aromatic carbocycles. The second-order valence-corrected chi connectivity index (χ2v) is 8.69. The Hall–Kier alpha value is -2.83. The zero-order chi connectivity index (χ0) is 27.6. The largest absolute Gasteiger partial charge is 0.184 e. The van der Waals surface area contributed by atoms with Gasteiger partial charge in [0.1, 0.15) is 0 Å². The van der Waals surface area contributed by atoms with Gasteiger partial charge in [0.05, 0.1) is 0 Å². The average Bonchev–Trinajstić information content (AvgIpc) is 2.91. The van der Waals surface area contributed by atoms with E-state index in [0.717, 1.165) is 0 Å². The molecule has 0 aromatic heterocycles. The van der Waals surface area contributed by atoms with Gasteiger partial charge >= 0.3 is 164 Å². The van der Waals surface area contributed by atoms with Crippen molar-refractivity contribution in [3.05, 3.63) is 60.2 Å². The molecule has 37 heavy (non-hydrogen) atoms. The third-order valence-corrected chi connectivity index (χ3v) is 5.77. The number of aromatic hydroxyl groups is 1. The first-order chi connectivity index (χ1) is 17.7. The van der Waals surface area contributed by atoms with E-state index in [4.69, 9.17) is 16.2 Å².